The number of para-hydroxylation sites is 1. The molecule has 16 heavy (non-hydrogen) atoms. The lowest BCUT2D eigenvalue weighted by Gasteiger charge is -2.05. The second-order valence-corrected chi connectivity index (χ2v) is 3.62. The van der Waals surface area contributed by atoms with Gasteiger partial charge in [-0.25, -0.2) is 0 Å². The number of hydrogen-bond acceptors (Lipinski definition) is 3. The van der Waals surface area contributed by atoms with Crippen molar-refractivity contribution in [3.63, 3.8) is 0 Å². The first kappa shape index (κ1) is 10.8. The van der Waals surface area contributed by atoms with Crippen LogP contribution < -0.4 is 5.32 Å². The molecule has 4 nitrogen and oxygen atoms in total. The molecule has 0 aliphatic carbocycles. The molecule has 0 atom stereocenters. The van der Waals surface area contributed by atoms with E-state index in [1.165, 1.54) is 0 Å². The maximum absolute atomic E-state index is 10.9. The standard InChI is InChI=1S/C12H15N3O/c1-2-13-6-7-15-12-10(8-14-15)4-3-5-11(12)9-16/h3-5,8-9,13H,2,6-7H2,1H3. The van der Waals surface area contributed by atoms with Crippen molar-refractivity contribution in [1.82, 2.24) is 15.1 Å². The fourth-order valence-corrected chi connectivity index (χ4v) is 1.80. The first-order valence-corrected chi connectivity index (χ1v) is 5.47. The van der Waals surface area contributed by atoms with Crippen molar-refractivity contribution in [2.45, 2.75) is 13.5 Å². The van der Waals surface area contributed by atoms with E-state index in [1.54, 1.807) is 6.20 Å². The Balaban J connectivity index is 2.34. The molecule has 1 N–H and O–H groups in total. The summed E-state index contributed by atoms with van der Waals surface area (Å²) in [5.74, 6) is 0. The molecular weight excluding hydrogens is 202 g/mol. The quantitative estimate of drug-likeness (QED) is 0.609. The average molecular weight is 217 g/mol. The van der Waals surface area contributed by atoms with Gasteiger partial charge in [-0.05, 0) is 12.6 Å². The molecule has 4 heteroatoms. The molecule has 1 aromatic carbocycles. The van der Waals surface area contributed by atoms with Crippen molar-refractivity contribution in [3.8, 4) is 0 Å². The second kappa shape index (κ2) is 4.90. The summed E-state index contributed by atoms with van der Waals surface area (Å²) in [5, 5.41) is 8.55. The number of rotatable bonds is 5. The van der Waals surface area contributed by atoms with Crippen molar-refractivity contribution in [2.75, 3.05) is 13.1 Å². The summed E-state index contributed by atoms with van der Waals surface area (Å²) in [5.41, 5.74) is 1.63. The lowest BCUT2D eigenvalue weighted by molar-refractivity contribution is 0.112. The highest BCUT2D eigenvalue weighted by Crippen LogP contribution is 2.16. The molecule has 2 aromatic rings. The molecule has 0 saturated carbocycles. The van der Waals surface area contributed by atoms with Crippen LogP contribution in [0.15, 0.2) is 24.4 Å². The Morgan fingerprint density at radius 2 is 2.38 bits per heavy atom. The first-order valence-electron chi connectivity index (χ1n) is 5.47. The van der Waals surface area contributed by atoms with Crippen LogP contribution in [-0.2, 0) is 6.54 Å². The molecule has 0 aliphatic rings. The van der Waals surface area contributed by atoms with Crippen LogP contribution in [0.3, 0.4) is 0 Å². The summed E-state index contributed by atoms with van der Waals surface area (Å²) in [6, 6.07) is 5.67. The van der Waals surface area contributed by atoms with Gasteiger partial charge in [0.2, 0.25) is 0 Å². The maximum Gasteiger partial charge on any atom is 0.152 e. The van der Waals surface area contributed by atoms with E-state index in [9.17, 15) is 4.79 Å². The smallest absolute Gasteiger partial charge is 0.152 e. The van der Waals surface area contributed by atoms with Gasteiger partial charge in [0.05, 0.1) is 18.3 Å². The molecule has 0 spiro atoms. The maximum atomic E-state index is 10.9. The third-order valence-electron chi connectivity index (χ3n) is 2.57. The molecule has 1 heterocycles. The Labute approximate surface area is 94.3 Å². The molecule has 2 rings (SSSR count). The van der Waals surface area contributed by atoms with E-state index < -0.39 is 0 Å². The summed E-state index contributed by atoms with van der Waals surface area (Å²) < 4.78 is 1.88. The van der Waals surface area contributed by atoms with Crippen molar-refractivity contribution < 1.29 is 4.79 Å². The van der Waals surface area contributed by atoms with Gasteiger partial charge in [-0.15, -0.1) is 0 Å². The van der Waals surface area contributed by atoms with Crippen LogP contribution in [0.5, 0.6) is 0 Å². The summed E-state index contributed by atoms with van der Waals surface area (Å²) in [7, 11) is 0. The summed E-state index contributed by atoms with van der Waals surface area (Å²) in [6.45, 7) is 4.65. The van der Waals surface area contributed by atoms with Gasteiger partial charge >= 0.3 is 0 Å². The minimum atomic E-state index is 0.700. The van der Waals surface area contributed by atoms with E-state index >= 15 is 0 Å². The number of hydrogen-bond donors (Lipinski definition) is 1. The van der Waals surface area contributed by atoms with E-state index in [1.807, 2.05) is 22.9 Å². The normalized spacial score (nSPS) is 10.8. The van der Waals surface area contributed by atoms with E-state index in [4.69, 9.17) is 0 Å². The third-order valence-corrected chi connectivity index (χ3v) is 2.57. The number of fused-ring (bicyclic) bond motifs is 1. The first-order chi connectivity index (χ1) is 7.86. The van der Waals surface area contributed by atoms with E-state index in [0.717, 1.165) is 36.8 Å². The average Bonchev–Trinajstić information content (AvgIpc) is 2.73. The summed E-state index contributed by atoms with van der Waals surface area (Å²) in [4.78, 5) is 10.9. The Morgan fingerprint density at radius 1 is 1.50 bits per heavy atom. The number of nitrogens with one attached hydrogen (secondary N) is 1. The van der Waals surface area contributed by atoms with Crippen LogP contribution in [0, 0.1) is 0 Å². The number of carbonyl (C=O) groups excluding carboxylic acids is 1. The second-order valence-electron chi connectivity index (χ2n) is 3.62. The Hall–Kier alpha value is -1.68. The van der Waals surface area contributed by atoms with Crippen LogP contribution in [0.4, 0.5) is 0 Å². The lowest BCUT2D eigenvalue weighted by Crippen LogP contribution is -2.19. The molecule has 0 radical (unpaired) electrons. The van der Waals surface area contributed by atoms with Crippen LogP contribution >= 0.6 is 0 Å². The highest BCUT2D eigenvalue weighted by molar-refractivity contribution is 5.95. The minimum Gasteiger partial charge on any atom is -0.315 e. The Morgan fingerprint density at radius 3 is 3.12 bits per heavy atom. The molecule has 0 bridgehead atoms. The van der Waals surface area contributed by atoms with Crippen LogP contribution in [0.2, 0.25) is 0 Å². The predicted molar refractivity (Wildman–Crippen MR) is 63.7 cm³/mol. The fraction of sp³-hybridized carbons (Fsp3) is 0.333. The van der Waals surface area contributed by atoms with Crippen LogP contribution in [-0.4, -0.2) is 29.2 Å². The van der Waals surface area contributed by atoms with Gasteiger partial charge in [0.1, 0.15) is 0 Å². The molecule has 1 aromatic heterocycles. The number of benzene rings is 1. The van der Waals surface area contributed by atoms with Gasteiger partial charge in [0.25, 0.3) is 0 Å². The zero-order valence-corrected chi connectivity index (χ0v) is 9.31. The lowest BCUT2D eigenvalue weighted by atomic mass is 10.1. The molecule has 0 aliphatic heterocycles. The number of nitrogens with zero attached hydrogens (tertiary/aromatic N) is 2. The Kier molecular flexibility index (Phi) is 3.31. The van der Waals surface area contributed by atoms with Gasteiger partial charge in [-0.3, -0.25) is 9.48 Å². The minimum absolute atomic E-state index is 0.700. The monoisotopic (exact) mass is 217 g/mol. The molecule has 0 saturated heterocycles. The van der Waals surface area contributed by atoms with Gasteiger partial charge in [0, 0.05) is 17.5 Å². The van der Waals surface area contributed by atoms with Crippen molar-refractivity contribution >= 4 is 17.2 Å². The van der Waals surface area contributed by atoms with Gasteiger partial charge < -0.3 is 5.32 Å². The van der Waals surface area contributed by atoms with Gasteiger partial charge in [-0.1, -0.05) is 19.1 Å². The fourth-order valence-electron chi connectivity index (χ4n) is 1.80. The topological polar surface area (TPSA) is 46.9 Å². The molecular formula is C12H15N3O. The number of likely N-dealkylation sites (N-methyl/N-ethyl adjacent to an activating group) is 1. The Bertz CT molecular complexity index is 490. The largest absolute Gasteiger partial charge is 0.315 e. The van der Waals surface area contributed by atoms with Crippen LogP contribution in [0.1, 0.15) is 17.3 Å². The van der Waals surface area contributed by atoms with Crippen LogP contribution in [0.25, 0.3) is 10.9 Å². The molecule has 84 valence electrons. The highest BCUT2D eigenvalue weighted by atomic mass is 16.1. The summed E-state index contributed by atoms with van der Waals surface area (Å²) in [6.07, 6.45) is 2.68. The van der Waals surface area contributed by atoms with Crippen molar-refractivity contribution in [3.05, 3.63) is 30.0 Å². The predicted octanol–water partition coefficient (Wildman–Crippen LogP) is 1.46. The van der Waals surface area contributed by atoms with Crippen molar-refractivity contribution in [1.29, 1.82) is 0 Å². The van der Waals surface area contributed by atoms with Crippen molar-refractivity contribution in [2.24, 2.45) is 0 Å². The highest BCUT2D eigenvalue weighted by Gasteiger charge is 2.06. The number of aromatic nitrogens is 2. The molecule has 0 fully saturated rings. The third kappa shape index (κ3) is 1.97. The zero-order valence-electron chi connectivity index (χ0n) is 9.31. The molecule has 0 unspecified atom stereocenters. The number of aldehydes is 1. The van der Waals surface area contributed by atoms with E-state index in [-0.39, 0.29) is 0 Å². The molecule has 0 amide bonds. The van der Waals surface area contributed by atoms with Gasteiger partial charge in [0.15, 0.2) is 6.29 Å². The summed E-state index contributed by atoms with van der Waals surface area (Å²) >= 11 is 0. The number of carbonyl (C=O) groups is 1. The van der Waals surface area contributed by atoms with E-state index in [2.05, 4.69) is 17.3 Å². The SMILES string of the molecule is CCNCCn1ncc2cccc(C=O)c21. The van der Waals surface area contributed by atoms with E-state index in [0.29, 0.717) is 5.56 Å². The zero-order chi connectivity index (χ0) is 11.4. The van der Waals surface area contributed by atoms with Gasteiger partial charge in [-0.2, -0.15) is 5.10 Å².